The number of carboxylic acids is 1. The third-order valence-corrected chi connectivity index (χ3v) is 5.79. The van der Waals surface area contributed by atoms with Gasteiger partial charge in [0, 0.05) is 5.92 Å². The van der Waals surface area contributed by atoms with E-state index < -0.39 is 5.97 Å². The maximum Gasteiger partial charge on any atom is 0.352 e. The van der Waals surface area contributed by atoms with Crippen molar-refractivity contribution in [2.45, 2.75) is 32.6 Å². The smallest absolute Gasteiger partial charge is 0.352 e. The first-order chi connectivity index (χ1) is 13.9. The molecule has 0 unspecified atom stereocenters. The molecule has 152 valence electrons. The molecule has 5 nitrogen and oxygen atoms in total. The van der Waals surface area contributed by atoms with Gasteiger partial charge in [-0.1, -0.05) is 31.2 Å². The normalized spacial score (nSPS) is 19.4. The fraction of sp³-hybridized carbons (Fsp3) is 0.304. The summed E-state index contributed by atoms with van der Waals surface area (Å²) in [7, 11) is 0. The van der Waals surface area contributed by atoms with Gasteiger partial charge in [-0.05, 0) is 83.4 Å². The van der Waals surface area contributed by atoms with E-state index in [1.165, 1.54) is 6.08 Å². The maximum absolute atomic E-state index is 12.5. The number of halogens is 1. The summed E-state index contributed by atoms with van der Waals surface area (Å²) in [5.41, 5.74) is 0.549. The molecule has 0 radical (unpaired) electrons. The molecule has 1 aliphatic carbocycles. The van der Waals surface area contributed by atoms with Gasteiger partial charge in [-0.25, -0.2) is 4.79 Å². The topological polar surface area (TPSA) is 75.6 Å². The molecule has 0 spiro atoms. The number of para-hydroxylation sites is 1. The molecule has 2 N–H and O–H groups in total. The Bertz CT molecular complexity index is 899. The van der Waals surface area contributed by atoms with Gasteiger partial charge >= 0.3 is 5.97 Å². The van der Waals surface area contributed by atoms with Gasteiger partial charge in [0.05, 0.1) is 4.47 Å². The molecule has 0 bridgehead atoms. The highest BCUT2D eigenvalue weighted by Crippen LogP contribution is 2.30. The average Bonchev–Trinajstić information content (AvgIpc) is 2.71. The number of benzene rings is 2. The molecule has 0 aliphatic heterocycles. The molecule has 3 rings (SSSR count). The Balaban J connectivity index is 1.68. The van der Waals surface area contributed by atoms with E-state index in [0.29, 0.717) is 23.0 Å². The fourth-order valence-electron chi connectivity index (χ4n) is 3.36. The maximum atomic E-state index is 12.5. The zero-order chi connectivity index (χ0) is 20.8. The van der Waals surface area contributed by atoms with Gasteiger partial charge in [-0.3, -0.25) is 4.79 Å². The zero-order valence-electron chi connectivity index (χ0n) is 16.2. The molecule has 2 aromatic carbocycles. The molecule has 1 aliphatic rings. The summed E-state index contributed by atoms with van der Waals surface area (Å²) in [4.78, 5) is 24.1. The first-order valence-electron chi connectivity index (χ1n) is 9.70. The predicted octanol–water partition coefficient (Wildman–Crippen LogP) is 5.61. The van der Waals surface area contributed by atoms with Crippen LogP contribution in [0.3, 0.4) is 0 Å². The first-order valence-corrected chi connectivity index (χ1v) is 10.5. The van der Waals surface area contributed by atoms with Gasteiger partial charge in [0.25, 0.3) is 0 Å². The van der Waals surface area contributed by atoms with E-state index in [1.54, 1.807) is 24.3 Å². The molecular formula is C23H24BrNO4. The third kappa shape index (κ3) is 5.94. The number of ether oxygens (including phenoxy) is 1. The Morgan fingerprint density at radius 3 is 2.34 bits per heavy atom. The molecule has 0 saturated heterocycles. The summed E-state index contributed by atoms with van der Waals surface area (Å²) >= 11 is 3.44. The van der Waals surface area contributed by atoms with Crippen LogP contribution >= 0.6 is 15.9 Å². The second-order valence-corrected chi connectivity index (χ2v) is 8.27. The van der Waals surface area contributed by atoms with E-state index in [9.17, 15) is 14.7 Å². The molecule has 1 saturated carbocycles. The summed E-state index contributed by atoms with van der Waals surface area (Å²) in [6, 6.07) is 14.5. The summed E-state index contributed by atoms with van der Waals surface area (Å²) < 4.78 is 6.66. The minimum absolute atomic E-state index is 0.117. The summed E-state index contributed by atoms with van der Waals surface area (Å²) in [6.07, 6.45) is 5.09. The highest BCUT2D eigenvalue weighted by atomic mass is 79.9. The van der Waals surface area contributed by atoms with Crippen molar-refractivity contribution >= 4 is 33.9 Å². The average molecular weight is 458 g/mol. The summed E-state index contributed by atoms with van der Waals surface area (Å²) in [5, 5.41) is 12.1. The Morgan fingerprint density at radius 2 is 1.72 bits per heavy atom. The lowest BCUT2D eigenvalue weighted by Crippen LogP contribution is -2.34. The monoisotopic (exact) mass is 457 g/mol. The van der Waals surface area contributed by atoms with Crippen LogP contribution in [-0.4, -0.2) is 17.0 Å². The van der Waals surface area contributed by atoms with E-state index in [2.05, 4.69) is 28.2 Å². The summed E-state index contributed by atoms with van der Waals surface area (Å²) in [5.74, 6) is 0.470. The molecule has 2 aromatic rings. The quantitative estimate of drug-likeness (QED) is 0.552. The van der Waals surface area contributed by atoms with Crippen molar-refractivity contribution in [1.29, 1.82) is 0 Å². The Kier molecular flexibility index (Phi) is 7.09. The number of carbonyl (C=O) groups excluding carboxylic acids is 1. The lowest BCUT2D eigenvalue weighted by atomic mass is 9.82. The van der Waals surface area contributed by atoms with Crippen LogP contribution in [0.5, 0.6) is 11.5 Å². The number of amides is 1. The molecule has 6 heteroatoms. The van der Waals surface area contributed by atoms with E-state index in [4.69, 9.17) is 4.74 Å². The third-order valence-electron chi connectivity index (χ3n) is 5.13. The van der Waals surface area contributed by atoms with Crippen molar-refractivity contribution in [3.63, 3.8) is 0 Å². The van der Waals surface area contributed by atoms with Gasteiger partial charge < -0.3 is 15.2 Å². The van der Waals surface area contributed by atoms with Crippen LogP contribution in [0.1, 0.15) is 38.2 Å². The van der Waals surface area contributed by atoms with Gasteiger partial charge in [0.15, 0.2) is 0 Å². The summed E-state index contributed by atoms with van der Waals surface area (Å²) in [6.45, 7) is 2.18. The van der Waals surface area contributed by atoms with Crippen molar-refractivity contribution in [3.8, 4) is 11.5 Å². The zero-order valence-corrected chi connectivity index (χ0v) is 17.8. The van der Waals surface area contributed by atoms with Crippen LogP contribution < -0.4 is 10.1 Å². The second kappa shape index (κ2) is 9.74. The highest BCUT2D eigenvalue weighted by molar-refractivity contribution is 9.10. The predicted molar refractivity (Wildman–Crippen MR) is 116 cm³/mol. The van der Waals surface area contributed by atoms with Crippen molar-refractivity contribution < 1.29 is 19.4 Å². The highest BCUT2D eigenvalue weighted by Gasteiger charge is 2.25. The number of carbonyl (C=O) groups is 2. The Labute approximate surface area is 178 Å². The van der Waals surface area contributed by atoms with Gasteiger partial charge in [0.2, 0.25) is 5.91 Å². The molecule has 1 amide bonds. The molecule has 0 aromatic heterocycles. The standard InChI is InChI=1S/C23H24BrNO4/c1-15-6-10-17(11-7-15)22(26)25-20(23(27)28)14-16-8-12-18(13-9-16)29-21-5-3-2-4-19(21)24/h2-5,8-9,12-15,17H,6-7,10-11H2,1H3,(H,25,26)(H,27,28)/b20-14-. The first kappa shape index (κ1) is 21.1. The minimum atomic E-state index is -1.16. The number of carboxylic acid groups (broad SMARTS) is 1. The number of rotatable bonds is 6. The second-order valence-electron chi connectivity index (χ2n) is 7.41. The van der Waals surface area contributed by atoms with Crippen molar-refractivity contribution in [3.05, 3.63) is 64.3 Å². The Morgan fingerprint density at radius 1 is 1.07 bits per heavy atom. The van der Waals surface area contributed by atoms with Crippen molar-refractivity contribution in [2.24, 2.45) is 11.8 Å². The van der Waals surface area contributed by atoms with E-state index in [0.717, 1.165) is 30.2 Å². The molecular weight excluding hydrogens is 434 g/mol. The van der Waals surface area contributed by atoms with E-state index >= 15 is 0 Å². The number of hydrogen-bond acceptors (Lipinski definition) is 3. The van der Waals surface area contributed by atoms with E-state index in [1.807, 2.05) is 24.3 Å². The molecule has 0 atom stereocenters. The lowest BCUT2D eigenvalue weighted by Gasteiger charge is -2.25. The van der Waals surface area contributed by atoms with Gasteiger partial charge in [-0.2, -0.15) is 0 Å². The molecule has 29 heavy (non-hydrogen) atoms. The van der Waals surface area contributed by atoms with Crippen LogP contribution in [0.15, 0.2) is 58.7 Å². The molecule has 1 fully saturated rings. The number of hydrogen-bond donors (Lipinski definition) is 2. The van der Waals surface area contributed by atoms with Crippen LogP contribution in [0, 0.1) is 11.8 Å². The fourth-order valence-corrected chi connectivity index (χ4v) is 3.73. The van der Waals surface area contributed by atoms with Crippen LogP contribution in [0.2, 0.25) is 0 Å². The van der Waals surface area contributed by atoms with Gasteiger partial charge in [0.1, 0.15) is 17.2 Å². The van der Waals surface area contributed by atoms with Crippen LogP contribution in [0.25, 0.3) is 6.08 Å². The van der Waals surface area contributed by atoms with E-state index in [-0.39, 0.29) is 17.5 Å². The molecule has 0 heterocycles. The SMILES string of the molecule is CC1CCC(C(=O)N/C(=C\c2ccc(Oc3ccccc3Br)cc2)C(=O)O)CC1. The minimum Gasteiger partial charge on any atom is -0.477 e. The number of nitrogens with one attached hydrogen (secondary N) is 1. The Hall–Kier alpha value is -2.60. The van der Waals surface area contributed by atoms with Crippen LogP contribution in [0.4, 0.5) is 0 Å². The van der Waals surface area contributed by atoms with Crippen LogP contribution in [-0.2, 0) is 9.59 Å². The number of aliphatic carboxylic acids is 1. The largest absolute Gasteiger partial charge is 0.477 e. The van der Waals surface area contributed by atoms with Crippen molar-refractivity contribution in [2.75, 3.05) is 0 Å². The van der Waals surface area contributed by atoms with Crippen molar-refractivity contribution in [1.82, 2.24) is 5.32 Å². The lowest BCUT2D eigenvalue weighted by molar-refractivity contribution is -0.135. The van der Waals surface area contributed by atoms with Gasteiger partial charge in [-0.15, -0.1) is 0 Å².